The average molecular weight is 520 g/mol. The summed E-state index contributed by atoms with van der Waals surface area (Å²) in [6.45, 7) is 0.862. The Balaban J connectivity index is 1.45. The molecule has 4 amide bonds. The van der Waals surface area contributed by atoms with Crippen LogP contribution in [0.5, 0.6) is 5.75 Å². The smallest absolute Gasteiger partial charge is 0.335 e. The fraction of sp³-hybridized carbons (Fsp3) is 0.0741. The lowest BCUT2D eigenvalue weighted by Crippen LogP contribution is -2.54. The molecule has 1 N–H and O–H groups in total. The summed E-state index contributed by atoms with van der Waals surface area (Å²) < 4.78 is 7.80. The van der Waals surface area contributed by atoms with Crippen LogP contribution in [0.4, 0.5) is 10.5 Å². The van der Waals surface area contributed by atoms with Crippen molar-refractivity contribution in [2.45, 2.75) is 6.54 Å². The van der Waals surface area contributed by atoms with E-state index in [-0.39, 0.29) is 5.57 Å². The third-order valence-corrected chi connectivity index (χ3v) is 6.30. The van der Waals surface area contributed by atoms with Gasteiger partial charge in [-0.1, -0.05) is 53.5 Å². The number of imide groups is 2. The number of carbonyl (C=O) groups is 3. The van der Waals surface area contributed by atoms with Gasteiger partial charge in [-0.15, -0.1) is 0 Å². The number of ether oxygens (including phenoxy) is 1. The SMILES string of the molecule is O=C1NC(=O)N(c2ccc(Cl)cc2)C(=O)/C1=C\c1cn(CCOc2ccccc2Cl)c2ccccc12. The van der Waals surface area contributed by atoms with Gasteiger partial charge < -0.3 is 9.30 Å². The van der Waals surface area contributed by atoms with E-state index in [2.05, 4.69) is 5.32 Å². The lowest BCUT2D eigenvalue weighted by atomic mass is 10.1. The molecule has 0 radical (unpaired) electrons. The lowest BCUT2D eigenvalue weighted by Gasteiger charge is -2.26. The molecule has 2 heterocycles. The number of para-hydroxylation sites is 2. The summed E-state index contributed by atoms with van der Waals surface area (Å²) in [6, 6.07) is 20.3. The number of fused-ring (bicyclic) bond motifs is 1. The van der Waals surface area contributed by atoms with Crippen molar-refractivity contribution in [2.75, 3.05) is 11.5 Å². The maximum absolute atomic E-state index is 13.2. The van der Waals surface area contributed by atoms with E-state index in [0.717, 1.165) is 15.8 Å². The van der Waals surface area contributed by atoms with Gasteiger partial charge in [0.15, 0.2) is 0 Å². The number of hydrogen-bond donors (Lipinski definition) is 1. The van der Waals surface area contributed by atoms with E-state index in [4.69, 9.17) is 27.9 Å². The van der Waals surface area contributed by atoms with E-state index in [9.17, 15) is 14.4 Å². The number of benzene rings is 3. The molecule has 1 aromatic heterocycles. The number of halogens is 2. The van der Waals surface area contributed by atoms with E-state index >= 15 is 0 Å². The second kappa shape index (κ2) is 9.89. The molecule has 1 aliphatic rings. The Morgan fingerprint density at radius 3 is 2.39 bits per heavy atom. The third-order valence-electron chi connectivity index (χ3n) is 5.73. The zero-order valence-corrected chi connectivity index (χ0v) is 20.3. The summed E-state index contributed by atoms with van der Waals surface area (Å²) in [5.41, 5.74) is 1.72. The topological polar surface area (TPSA) is 80.6 Å². The van der Waals surface area contributed by atoms with Gasteiger partial charge in [0.25, 0.3) is 11.8 Å². The van der Waals surface area contributed by atoms with Gasteiger partial charge in [0.1, 0.15) is 17.9 Å². The average Bonchev–Trinajstić information content (AvgIpc) is 3.21. The Bertz CT molecular complexity index is 1530. The molecular formula is C27H19Cl2N3O4. The molecule has 0 aliphatic carbocycles. The van der Waals surface area contributed by atoms with Crippen LogP contribution in [-0.2, 0) is 16.1 Å². The van der Waals surface area contributed by atoms with Gasteiger partial charge in [0.2, 0.25) is 0 Å². The molecule has 36 heavy (non-hydrogen) atoms. The van der Waals surface area contributed by atoms with Gasteiger partial charge in [-0.2, -0.15) is 0 Å². The largest absolute Gasteiger partial charge is 0.490 e. The Labute approximate surface area is 216 Å². The van der Waals surface area contributed by atoms with Gasteiger partial charge in [-0.3, -0.25) is 14.9 Å². The number of carbonyl (C=O) groups excluding carboxylic acids is 3. The summed E-state index contributed by atoms with van der Waals surface area (Å²) in [4.78, 5) is 39.3. The van der Waals surface area contributed by atoms with Gasteiger partial charge in [0, 0.05) is 27.7 Å². The van der Waals surface area contributed by atoms with Crippen molar-refractivity contribution in [3.8, 4) is 5.75 Å². The zero-order valence-electron chi connectivity index (χ0n) is 18.8. The highest BCUT2D eigenvalue weighted by Gasteiger charge is 2.37. The van der Waals surface area contributed by atoms with E-state index in [1.807, 2.05) is 47.2 Å². The number of urea groups is 1. The van der Waals surface area contributed by atoms with Crippen LogP contribution >= 0.6 is 23.2 Å². The molecule has 9 heteroatoms. The van der Waals surface area contributed by atoms with Crippen molar-refractivity contribution in [2.24, 2.45) is 0 Å². The first-order chi connectivity index (χ1) is 17.4. The first-order valence-electron chi connectivity index (χ1n) is 11.0. The number of barbiturate groups is 1. The van der Waals surface area contributed by atoms with E-state index in [0.29, 0.717) is 40.2 Å². The predicted molar refractivity (Wildman–Crippen MR) is 139 cm³/mol. The minimum Gasteiger partial charge on any atom is -0.490 e. The molecule has 1 fully saturated rings. The van der Waals surface area contributed by atoms with Crippen LogP contribution in [0.2, 0.25) is 10.0 Å². The molecule has 0 unspecified atom stereocenters. The number of anilines is 1. The minimum absolute atomic E-state index is 0.153. The molecule has 0 bridgehead atoms. The molecule has 3 aromatic carbocycles. The predicted octanol–water partition coefficient (Wildman–Crippen LogP) is 5.69. The van der Waals surface area contributed by atoms with E-state index in [1.165, 1.54) is 18.2 Å². The summed E-state index contributed by atoms with van der Waals surface area (Å²) in [5, 5.41) is 4.08. The van der Waals surface area contributed by atoms with Crippen molar-refractivity contribution in [3.63, 3.8) is 0 Å². The molecule has 5 rings (SSSR count). The molecule has 180 valence electrons. The molecular weight excluding hydrogens is 501 g/mol. The van der Waals surface area contributed by atoms with E-state index < -0.39 is 17.8 Å². The Hall–Kier alpha value is -4.07. The molecule has 0 spiro atoms. The fourth-order valence-corrected chi connectivity index (χ4v) is 4.34. The van der Waals surface area contributed by atoms with Gasteiger partial charge in [-0.05, 0) is 48.5 Å². The number of nitrogens with zero attached hydrogens (tertiary/aromatic N) is 2. The molecule has 0 atom stereocenters. The minimum atomic E-state index is -0.816. The molecule has 4 aromatic rings. The quantitative estimate of drug-likeness (QED) is 0.262. The second-order valence-electron chi connectivity index (χ2n) is 8.01. The normalized spacial score (nSPS) is 15.0. The maximum Gasteiger partial charge on any atom is 0.335 e. The number of hydrogen-bond acceptors (Lipinski definition) is 4. The Kier molecular flexibility index (Phi) is 6.50. The zero-order chi connectivity index (χ0) is 25.2. The summed E-state index contributed by atoms with van der Waals surface area (Å²) in [5.74, 6) is -0.881. The third kappa shape index (κ3) is 4.58. The second-order valence-corrected chi connectivity index (χ2v) is 8.85. The van der Waals surface area contributed by atoms with Gasteiger partial charge >= 0.3 is 6.03 Å². The van der Waals surface area contributed by atoms with Crippen LogP contribution in [-0.4, -0.2) is 29.0 Å². The Morgan fingerprint density at radius 1 is 0.889 bits per heavy atom. The van der Waals surface area contributed by atoms with Crippen LogP contribution < -0.4 is 15.0 Å². The standard InChI is InChI=1S/C27H19Cl2N3O4/c28-18-9-11-19(12-10-18)32-26(34)21(25(33)30-27(32)35)15-17-16-31(23-7-3-1-5-20(17)23)13-14-36-24-8-4-2-6-22(24)29/h1-12,15-16H,13-14H2,(H,30,33,35)/b21-15-. The number of rotatable bonds is 6. The summed E-state index contributed by atoms with van der Waals surface area (Å²) in [7, 11) is 0. The highest BCUT2D eigenvalue weighted by Crippen LogP contribution is 2.28. The Morgan fingerprint density at radius 2 is 1.61 bits per heavy atom. The number of amides is 4. The monoisotopic (exact) mass is 519 g/mol. The van der Waals surface area contributed by atoms with Crippen molar-refractivity contribution < 1.29 is 19.1 Å². The first-order valence-corrected chi connectivity index (χ1v) is 11.8. The van der Waals surface area contributed by atoms with Crippen LogP contribution in [0.25, 0.3) is 17.0 Å². The summed E-state index contributed by atoms with van der Waals surface area (Å²) >= 11 is 12.1. The van der Waals surface area contributed by atoms with Gasteiger partial charge in [-0.25, -0.2) is 9.69 Å². The van der Waals surface area contributed by atoms with E-state index in [1.54, 1.807) is 24.3 Å². The molecule has 1 saturated heterocycles. The molecule has 0 saturated carbocycles. The fourth-order valence-electron chi connectivity index (χ4n) is 4.03. The van der Waals surface area contributed by atoms with Crippen molar-refractivity contribution in [1.82, 2.24) is 9.88 Å². The number of aromatic nitrogens is 1. The van der Waals surface area contributed by atoms with Crippen molar-refractivity contribution >= 4 is 63.7 Å². The maximum atomic E-state index is 13.2. The molecule has 1 aliphatic heterocycles. The van der Waals surface area contributed by atoms with Crippen LogP contribution in [0.1, 0.15) is 5.56 Å². The van der Waals surface area contributed by atoms with Crippen LogP contribution in [0.15, 0.2) is 84.6 Å². The van der Waals surface area contributed by atoms with Crippen molar-refractivity contribution in [3.05, 3.63) is 100 Å². The van der Waals surface area contributed by atoms with Crippen LogP contribution in [0, 0.1) is 0 Å². The lowest BCUT2D eigenvalue weighted by molar-refractivity contribution is -0.122. The first kappa shape index (κ1) is 23.7. The highest BCUT2D eigenvalue weighted by molar-refractivity contribution is 6.39. The highest BCUT2D eigenvalue weighted by atomic mass is 35.5. The summed E-state index contributed by atoms with van der Waals surface area (Å²) in [6.07, 6.45) is 3.35. The molecule has 7 nitrogen and oxygen atoms in total. The van der Waals surface area contributed by atoms with Gasteiger partial charge in [0.05, 0.1) is 17.3 Å². The number of nitrogens with one attached hydrogen (secondary N) is 1. The van der Waals surface area contributed by atoms with Crippen molar-refractivity contribution in [1.29, 1.82) is 0 Å². The van der Waals surface area contributed by atoms with Crippen LogP contribution in [0.3, 0.4) is 0 Å².